The minimum Gasteiger partial charge on any atom is -0.384 e. The topological polar surface area (TPSA) is 218 Å². The number of amidine groups is 1. The molecule has 43 heavy (non-hydrogen) atoms. The normalized spacial score (nSPS) is 19.2. The fraction of sp³-hybridized carbons (Fsp3) is 0.600. The molecule has 1 saturated carbocycles. The highest BCUT2D eigenvalue weighted by Gasteiger charge is 2.53. The molecule has 9 N–H and O–H groups in total. The van der Waals surface area contributed by atoms with Gasteiger partial charge in [0.1, 0.15) is 17.5 Å². The molecule has 1 heterocycles. The molecule has 13 heteroatoms. The van der Waals surface area contributed by atoms with Crippen LogP contribution in [-0.4, -0.2) is 81.1 Å². The number of aliphatic imine (C=N–C) groups is 1. The number of carbonyl (C=O) groups excluding carboxylic acids is 4. The summed E-state index contributed by atoms with van der Waals surface area (Å²) < 4.78 is 0. The van der Waals surface area contributed by atoms with Crippen molar-refractivity contribution in [2.75, 3.05) is 13.1 Å². The van der Waals surface area contributed by atoms with Gasteiger partial charge < -0.3 is 27.8 Å². The van der Waals surface area contributed by atoms with E-state index in [1.807, 2.05) is 17.1 Å². The van der Waals surface area contributed by atoms with E-state index in [1.54, 1.807) is 24.1 Å². The third-order valence-electron chi connectivity index (χ3n) is 8.44. The summed E-state index contributed by atoms with van der Waals surface area (Å²) in [6.07, 6.45) is 5.28. The molecule has 1 aromatic rings. The Balaban J connectivity index is 2.10. The maximum Gasteiger partial charge on any atom is 0.240 e. The van der Waals surface area contributed by atoms with Gasteiger partial charge in [-0.25, -0.2) is 10.0 Å². The molecule has 1 aliphatic heterocycles. The van der Waals surface area contributed by atoms with Gasteiger partial charge >= 0.3 is 0 Å². The highest BCUT2D eigenvalue weighted by Crippen LogP contribution is 2.42. The van der Waals surface area contributed by atoms with Crippen molar-refractivity contribution in [3.05, 3.63) is 35.4 Å². The number of hydrogen-bond acceptors (Lipinski definition) is 7. The number of nitrogens with zero attached hydrogens (tertiary/aromatic N) is 4. The maximum absolute atomic E-state index is 14.0. The van der Waals surface area contributed by atoms with Crippen LogP contribution in [0.1, 0.15) is 89.2 Å². The summed E-state index contributed by atoms with van der Waals surface area (Å²) in [5.74, 6) is -1.40. The Labute approximate surface area is 253 Å². The van der Waals surface area contributed by atoms with Gasteiger partial charge in [0.05, 0.1) is 6.04 Å². The van der Waals surface area contributed by atoms with Gasteiger partial charge in [0.15, 0.2) is 11.7 Å². The lowest BCUT2D eigenvalue weighted by atomic mass is 9.84. The van der Waals surface area contributed by atoms with Gasteiger partial charge in [0, 0.05) is 38.4 Å². The second-order valence-corrected chi connectivity index (χ2v) is 11.4. The molecule has 0 bridgehead atoms. The number of primary amides is 1. The Kier molecular flexibility index (Phi) is 11.6. The molecule has 3 rings (SSSR count). The Hall–Kier alpha value is -4.00. The van der Waals surface area contributed by atoms with Crippen molar-refractivity contribution < 1.29 is 19.2 Å². The molecule has 0 radical (unpaired) electrons. The molecule has 2 atom stereocenters. The first-order valence-electron chi connectivity index (χ1n) is 15.1. The quantitative estimate of drug-likeness (QED) is 0.0957. The van der Waals surface area contributed by atoms with Gasteiger partial charge in [-0.2, -0.15) is 0 Å². The lowest BCUT2D eigenvalue weighted by Crippen LogP contribution is -2.74. The first-order chi connectivity index (χ1) is 20.4. The van der Waals surface area contributed by atoms with Crippen LogP contribution in [0.4, 0.5) is 0 Å². The fourth-order valence-electron chi connectivity index (χ4n) is 6.54. The zero-order chi connectivity index (χ0) is 31.7. The number of hydrazine groups is 1. The summed E-state index contributed by atoms with van der Waals surface area (Å²) in [5, 5.41) is 11.2. The first kappa shape index (κ1) is 33.5. The summed E-state index contributed by atoms with van der Waals surface area (Å²) in [7, 11) is 0. The number of rotatable bonds is 13. The second-order valence-electron chi connectivity index (χ2n) is 11.4. The largest absolute Gasteiger partial charge is 0.384 e. The Morgan fingerprint density at radius 2 is 1.72 bits per heavy atom. The van der Waals surface area contributed by atoms with Gasteiger partial charge in [0.2, 0.25) is 17.7 Å². The number of nitrogens with two attached hydrogens (primary N) is 4. The maximum atomic E-state index is 14.0. The molecule has 1 aliphatic carbocycles. The van der Waals surface area contributed by atoms with E-state index in [0.717, 1.165) is 24.8 Å². The van der Waals surface area contributed by atoms with Crippen LogP contribution < -0.4 is 22.9 Å². The van der Waals surface area contributed by atoms with E-state index in [4.69, 9.17) is 28.3 Å². The van der Waals surface area contributed by atoms with Crippen LogP contribution in [-0.2, 0) is 25.6 Å². The molecule has 0 spiro atoms. The van der Waals surface area contributed by atoms with Crippen LogP contribution in [0.2, 0.25) is 0 Å². The minimum absolute atomic E-state index is 0.000168. The van der Waals surface area contributed by atoms with Crippen LogP contribution in [0.3, 0.4) is 0 Å². The van der Waals surface area contributed by atoms with Crippen molar-refractivity contribution in [1.82, 2.24) is 14.9 Å². The number of amides is 3. The van der Waals surface area contributed by atoms with E-state index in [1.165, 1.54) is 11.8 Å². The van der Waals surface area contributed by atoms with Crippen LogP contribution in [0.15, 0.2) is 29.3 Å². The third-order valence-corrected chi connectivity index (χ3v) is 8.44. The summed E-state index contributed by atoms with van der Waals surface area (Å²) >= 11 is 0. The van der Waals surface area contributed by atoms with E-state index < -0.39 is 23.7 Å². The number of benzene rings is 1. The molecule has 0 aromatic heterocycles. The van der Waals surface area contributed by atoms with Crippen LogP contribution in [0, 0.1) is 5.41 Å². The smallest absolute Gasteiger partial charge is 0.240 e. The highest BCUT2D eigenvalue weighted by atomic mass is 16.2. The summed E-state index contributed by atoms with van der Waals surface area (Å²) in [5.41, 5.74) is 22.7. The summed E-state index contributed by atoms with van der Waals surface area (Å²) in [6, 6.07) is 5.49. The third kappa shape index (κ3) is 7.89. The van der Waals surface area contributed by atoms with Crippen molar-refractivity contribution in [1.29, 1.82) is 5.41 Å². The molecule has 1 aromatic carbocycles. The van der Waals surface area contributed by atoms with Gasteiger partial charge in [-0.15, -0.1) is 0 Å². The fourth-order valence-corrected chi connectivity index (χ4v) is 6.54. The highest BCUT2D eigenvalue weighted by molar-refractivity contribution is 5.95. The van der Waals surface area contributed by atoms with Crippen molar-refractivity contribution >= 4 is 35.3 Å². The predicted molar refractivity (Wildman–Crippen MR) is 164 cm³/mol. The standard InChI is InChI=1S/C30H47N9O4/c1-3-26(42)39(37-18-8-10-25(41)24(37)19-21-11-13-22(14-12-21)27(31)32)30(15-5-4-6-16-30)38(20(2)40)23(28(33)43)9-7-17-36-29(34)35/h11-14,23-24H,3-10,15-19H2,1-2H3,(H3,31,32)(H2,33,43)(H4,34,35,36). The SMILES string of the molecule is CCC(=O)N(N1CCCC(=O)C1Cc1ccc(C(=N)N)cc1)C1(N(C(C)=O)C(CCCN=C(N)N)C(N)=O)CCCCC1. The number of nitrogens with one attached hydrogen (secondary N) is 1. The van der Waals surface area contributed by atoms with Crippen molar-refractivity contribution in [3.8, 4) is 0 Å². The summed E-state index contributed by atoms with van der Waals surface area (Å²) in [4.78, 5) is 59.6. The van der Waals surface area contributed by atoms with E-state index in [0.29, 0.717) is 50.6 Å². The van der Waals surface area contributed by atoms with Gasteiger partial charge in [0.25, 0.3) is 0 Å². The Morgan fingerprint density at radius 3 is 2.26 bits per heavy atom. The zero-order valence-electron chi connectivity index (χ0n) is 25.4. The summed E-state index contributed by atoms with van der Waals surface area (Å²) in [6.45, 7) is 3.85. The van der Waals surface area contributed by atoms with E-state index in [-0.39, 0.29) is 48.8 Å². The predicted octanol–water partition coefficient (Wildman–Crippen LogP) is 1.12. The monoisotopic (exact) mass is 597 g/mol. The van der Waals surface area contributed by atoms with Crippen molar-refractivity contribution in [3.63, 3.8) is 0 Å². The second kappa shape index (κ2) is 14.9. The lowest BCUT2D eigenvalue weighted by molar-refractivity contribution is -0.220. The molecule has 3 amide bonds. The van der Waals surface area contributed by atoms with Gasteiger partial charge in [-0.05, 0) is 56.9 Å². The zero-order valence-corrected chi connectivity index (χ0v) is 25.4. The lowest BCUT2D eigenvalue weighted by Gasteiger charge is -2.58. The number of ketones is 1. The number of piperidine rings is 1. The van der Waals surface area contributed by atoms with E-state index >= 15 is 0 Å². The molecule has 13 nitrogen and oxygen atoms in total. The van der Waals surface area contributed by atoms with Crippen LogP contribution >= 0.6 is 0 Å². The van der Waals surface area contributed by atoms with Crippen LogP contribution in [0.25, 0.3) is 0 Å². The van der Waals surface area contributed by atoms with Crippen LogP contribution in [0.5, 0.6) is 0 Å². The molecule has 2 aliphatic rings. The number of carbonyl (C=O) groups is 4. The Bertz CT molecular complexity index is 1210. The van der Waals surface area contributed by atoms with E-state index in [2.05, 4.69) is 4.99 Å². The minimum atomic E-state index is -1.18. The average Bonchev–Trinajstić information content (AvgIpc) is 2.96. The Morgan fingerprint density at radius 1 is 1.07 bits per heavy atom. The van der Waals surface area contributed by atoms with E-state index in [9.17, 15) is 19.2 Å². The number of Topliss-reactive ketones (excluding diaryl/α,β-unsaturated/α-hetero) is 1. The molecule has 2 unspecified atom stereocenters. The number of nitrogen functional groups attached to an aromatic ring is 1. The molecular formula is C30H47N9O4. The van der Waals surface area contributed by atoms with Crippen molar-refractivity contribution in [2.45, 2.75) is 102 Å². The number of hydrogen-bond donors (Lipinski definition) is 5. The van der Waals surface area contributed by atoms with Gasteiger partial charge in [-0.3, -0.25) is 29.6 Å². The number of guanidine groups is 1. The molecule has 236 valence electrons. The van der Waals surface area contributed by atoms with Crippen molar-refractivity contribution in [2.24, 2.45) is 27.9 Å². The molecule has 1 saturated heterocycles. The first-order valence-corrected chi connectivity index (χ1v) is 15.1. The molecule has 2 fully saturated rings. The average molecular weight is 598 g/mol. The van der Waals surface area contributed by atoms with Gasteiger partial charge in [-0.1, -0.05) is 37.6 Å². The molecular weight excluding hydrogens is 550 g/mol.